The van der Waals surface area contributed by atoms with Gasteiger partial charge >= 0.3 is 36.3 Å². The normalized spacial score (nSPS) is 19.7. The SMILES string of the molecule is Cc1cn([C@H]2CC(OCSSC(C)(C)CNC(=O)CCCCNC(=O)c3ccc(B(O)O)cc3)[C@@H](COP(=O)(O)OP(=O)(O)OP(=O)(O)O)O2)c(=O)[nH]c1=O. The van der Waals surface area contributed by atoms with Crippen LogP contribution in [-0.2, 0) is 41.1 Å². The highest BCUT2D eigenvalue weighted by molar-refractivity contribution is 8.77. The van der Waals surface area contributed by atoms with Gasteiger partial charge in [-0.15, -0.1) is 0 Å². The first-order chi connectivity index (χ1) is 25.5. The molecule has 0 spiro atoms. The molecule has 28 heteroatoms. The maximum atomic E-state index is 12.5. The molecule has 2 heterocycles. The van der Waals surface area contributed by atoms with E-state index in [1.165, 1.54) is 59.0 Å². The molecule has 55 heavy (non-hydrogen) atoms. The number of hydrogen-bond acceptors (Lipinski definition) is 16. The lowest BCUT2D eigenvalue weighted by atomic mass is 9.80. The highest BCUT2D eigenvalue weighted by Gasteiger charge is 2.43. The number of hydrogen-bond donors (Lipinski definition) is 9. The molecule has 5 atom stereocenters. The number of aryl methyl sites for hydroxylation is 1. The molecule has 0 radical (unpaired) electrons. The van der Waals surface area contributed by atoms with E-state index >= 15 is 0 Å². The van der Waals surface area contributed by atoms with Gasteiger partial charge in [-0.25, -0.2) is 18.5 Å². The number of carbonyl (C=O) groups is 2. The van der Waals surface area contributed by atoms with Crippen molar-refractivity contribution >= 4 is 69.5 Å². The number of unbranched alkanes of at least 4 members (excludes halogenated alkanes) is 1. The number of nitrogens with zero attached hydrogens (tertiary/aromatic N) is 1. The first kappa shape index (κ1) is 47.2. The molecule has 1 aromatic heterocycles. The Morgan fingerprint density at radius 3 is 2.35 bits per heavy atom. The maximum absolute atomic E-state index is 12.5. The van der Waals surface area contributed by atoms with Gasteiger partial charge < -0.3 is 49.7 Å². The van der Waals surface area contributed by atoms with Crippen LogP contribution in [0.1, 0.15) is 61.7 Å². The van der Waals surface area contributed by atoms with Crippen molar-refractivity contribution < 1.29 is 75.5 Å². The summed E-state index contributed by atoms with van der Waals surface area (Å²) in [6.07, 6.45) is -0.735. The van der Waals surface area contributed by atoms with Gasteiger partial charge in [-0.05, 0) is 51.2 Å². The molecular formula is C27H42BN4O18P3S2. The second-order valence-corrected chi connectivity index (χ2v) is 19.9. The summed E-state index contributed by atoms with van der Waals surface area (Å²) < 4.78 is 59.4. The van der Waals surface area contributed by atoms with E-state index in [1.54, 1.807) is 0 Å². The third-order valence-corrected chi connectivity index (χ3v) is 14.1. The van der Waals surface area contributed by atoms with Crippen molar-refractivity contribution in [1.82, 2.24) is 20.2 Å². The molecule has 2 aromatic rings. The standard InChI is InChI=1S/C27H42BN4O18P3S2/c1-17-13-32(26(36)31-24(17)34)23-12-20(21(48-23)14-47-52(42,43)50-53(44,45)49-51(39,40)41)46-16-54-55-27(2,3)15-30-22(33)6-4-5-11-29-25(35)18-7-9-19(10-8-18)28(37)38/h7-10,13,20-21,23,37-38H,4-6,11-12,14-16H2,1-3H3,(H,29,35)(H,30,33)(H,42,43)(H,44,45)(H,31,34,36)(H2,39,40,41)/t20?,21-,23-/m1/s1. The summed E-state index contributed by atoms with van der Waals surface area (Å²) in [5.41, 5.74) is -0.660. The number of phosphoric acid groups is 3. The Hall–Kier alpha value is -2.15. The highest BCUT2D eigenvalue weighted by Crippen LogP contribution is 2.66. The van der Waals surface area contributed by atoms with E-state index in [9.17, 15) is 42.7 Å². The van der Waals surface area contributed by atoms with Gasteiger partial charge in [-0.1, -0.05) is 33.7 Å². The smallest absolute Gasteiger partial charge is 0.423 e. The van der Waals surface area contributed by atoms with Crippen molar-refractivity contribution in [3.8, 4) is 0 Å². The molecule has 1 aliphatic rings. The van der Waals surface area contributed by atoms with Gasteiger partial charge in [0.25, 0.3) is 11.5 Å². The van der Waals surface area contributed by atoms with Gasteiger partial charge in [0.2, 0.25) is 5.91 Å². The lowest BCUT2D eigenvalue weighted by Gasteiger charge is -2.24. The van der Waals surface area contributed by atoms with Crippen LogP contribution >= 0.6 is 45.1 Å². The zero-order valence-electron chi connectivity index (χ0n) is 29.5. The topological polar surface area (TPSA) is 332 Å². The van der Waals surface area contributed by atoms with E-state index in [0.29, 0.717) is 24.9 Å². The van der Waals surface area contributed by atoms with Gasteiger partial charge in [-0.2, -0.15) is 8.62 Å². The Bertz CT molecular complexity index is 1900. The lowest BCUT2D eigenvalue weighted by molar-refractivity contribution is -0.121. The molecule has 2 amide bonds. The second kappa shape index (κ2) is 20.5. The van der Waals surface area contributed by atoms with Crippen LogP contribution in [0.2, 0.25) is 0 Å². The predicted octanol–water partition coefficient (Wildman–Crippen LogP) is 0.375. The number of aromatic nitrogens is 2. The van der Waals surface area contributed by atoms with E-state index in [-0.39, 0.29) is 48.2 Å². The molecular weight excluding hydrogens is 836 g/mol. The summed E-state index contributed by atoms with van der Waals surface area (Å²) in [6, 6.07) is 5.82. The predicted molar refractivity (Wildman–Crippen MR) is 199 cm³/mol. The van der Waals surface area contributed by atoms with Crippen LogP contribution in [0.4, 0.5) is 0 Å². The van der Waals surface area contributed by atoms with E-state index in [0.717, 1.165) is 4.57 Å². The zero-order valence-corrected chi connectivity index (χ0v) is 33.9. The third kappa shape index (κ3) is 16.7. The zero-order chi connectivity index (χ0) is 41.2. The molecule has 9 N–H and O–H groups in total. The minimum atomic E-state index is -5.77. The van der Waals surface area contributed by atoms with Crippen molar-refractivity contribution in [2.45, 2.75) is 69.6 Å². The van der Waals surface area contributed by atoms with Gasteiger partial charge in [0.05, 0.1) is 12.7 Å². The molecule has 22 nitrogen and oxygen atoms in total. The molecule has 1 saturated heterocycles. The van der Waals surface area contributed by atoms with Gasteiger partial charge in [0.1, 0.15) is 18.3 Å². The first-order valence-electron chi connectivity index (χ1n) is 16.1. The molecule has 1 fully saturated rings. The Morgan fingerprint density at radius 2 is 1.71 bits per heavy atom. The summed E-state index contributed by atoms with van der Waals surface area (Å²) in [5, 5.41) is 23.9. The fourth-order valence-corrected chi connectivity index (χ4v) is 9.92. The van der Waals surface area contributed by atoms with Gasteiger partial charge in [0, 0.05) is 48.0 Å². The third-order valence-electron chi connectivity index (χ3n) is 7.37. The average molecular weight is 879 g/mol. The average Bonchev–Trinajstić information content (AvgIpc) is 3.47. The van der Waals surface area contributed by atoms with Crippen LogP contribution < -0.4 is 27.3 Å². The maximum Gasteiger partial charge on any atom is 0.490 e. The van der Waals surface area contributed by atoms with Crippen molar-refractivity contribution in [2.75, 3.05) is 25.6 Å². The minimum Gasteiger partial charge on any atom is -0.423 e. The Balaban J connectivity index is 1.46. The van der Waals surface area contributed by atoms with Crippen molar-refractivity contribution in [3.63, 3.8) is 0 Å². The van der Waals surface area contributed by atoms with Crippen LogP contribution in [0.3, 0.4) is 0 Å². The second-order valence-electron chi connectivity index (χ2n) is 12.5. The number of aromatic amines is 1. The van der Waals surface area contributed by atoms with Crippen molar-refractivity contribution in [2.24, 2.45) is 0 Å². The van der Waals surface area contributed by atoms with Crippen molar-refractivity contribution in [3.05, 3.63) is 62.4 Å². The Morgan fingerprint density at radius 1 is 1.04 bits per heavy atom. The van der Waals surface area contributed by atoms with E-state index < -0.39 is 71.6 Å². The fourth-order valence-electron chi connectivity index (χ4n) is 4.72. The minimum absolute atomic E-state index is 0.00660. The van der Waals surface area contributed by atoms with Crippen LogP contribution in [0.5, 0.6) is 0 Å². The number of amides is 2. The van der Waals surface area contributed by atoms with E-state index in [1.807, 2.05) is 13.8 Å². The summed E-state index contributed by atoms with van der Waals surface area (Å²) in [5.74, 6) is -0.532. The Kier molecular flexibility index (Phi) is 17.6. The molecule has 3 unspecified atom stereocenters. The lowest BCUT2D eigenvalue weighted by Crippen LogP contribution is -2.36. The highest BCUT2D eigenvalue weighted by atomic mass is 33.1. The van der Waals surface area contributed by atoms with Crippen LogP contribution in [0, 0.1) is 6.92 Å². The number of H-pyrrole nitrogens is 1. The summed E-state index contributed by atoms with van der Waals surface area (Å²) >= 11 is 0. The van der Waals surface area contributed by atoms with Gasteiger partial charge in [-0.3, -0.25) is 28.5 Å². The molecule has 0 bridgehead atoms. The summed E-state index contributed by atoms with van der Waals surface area (Å²) in [4.78, 5) is 88.0. The number of carbonyl (C=O) groups excluding carboxylic acids is 2. The van der Waals surface area contributed by atoms with E-state index in [4.69, 9.17) is 33.8 Å². The monoisotopic (exact) mass is 878 g/mol. The number of phosphoric ester groups is 1. The first-order valence-corrected chi connectivity index (χ1v) is 23.0. The molecule has 308 valence electrons. The fraction of sp³-hybridized carbons (Fsp3) is 0.556. The Labute approximate surface area is 322 Å². The van der Waals surface area contributed by atoms with E-state index in [2.05, 4.69) is 24.2 Å². The quantitative estimate of drug-likeness (QED) is 0.0254. The van der Waals surface area contributed by atoms with Crippen molar-refractivity contribution in [1.29, 1.82) is 0 Å². The number of nitrogens with one attached hydrogen (secondary N) is 3. The molecule has 0 saturated carbocycles. The molecule has 1 aromatic carbocycles. The summed E-state index contributed by atoms with van der Waals surface area (Å²) in [7, 11) is -15.9. The summed E-state index contributed by atoms with van der Waals surface area (Å²) in [6.45, 7) is 4.97. The largest absolute Gasteiger partial charge is 0.490 e. The van der Waals surface area contributed by atoms with Crippen LogP contribution in [0.15, 0.2) is 40.1 Å². The molecule has 1 aliphatic heterocycles. The number of benzene rings is 1. The van der Waals surface area contributed by atoms with Gasteiger partial charge in [0.15, 0.2) is 0 Å². The molecule has 3 rings (SSSR count). The van der Waals surface area contributed by atoms with Crippen LogP contribution in [-0.4, -0.2) is 101 Å². The van der Waals surface area contributed by atoms with Crippen LogP contribution in [0.25, 0.3) is 0 Å². The molecule has 0 aliphatic carbocycles. The number of rotatable bonds is 22. The number of ether oxygens (including phenoxy) is 2.